The summed E-state index contributed by atoms with van der Waals surface area (Å²) in [7, 11) is 4.01. The van der Waals surface area contributed by atoms with Gasteiger partial charge in [-0.05, 0) is 33.0 Å². The van der Waals surface area contributed by atoms with Crippen molar-refractivity contribution < 1.29 is 4.79 Å². The maximum atomic E-state index is 12.0. The Morgan fingerprint density at radius 1 is 1.21 bits per heavy atom. The van der Waals surface area contributed by atoms with Crippen molar-refractivity contribution in [3.8, 4) is 0 Å². The first-order valence-corrected chi connectivity index (χ1v) is 7.21. The molecule has 0 spiro atoms. The second-order valence-corrected chi connectivity index (χ2v) is 5.53. The largest absolute Gasteiger partial charge is 0.368 e. The Labute approximate surface area is 116 Å². The Balaban J connectivity index is 1.77. The zero-order chi connectivity index (χ0) is 13.7. The number of carbonyl (C=O) groups is 1. The summed E-state index contributed by atoms with van der Waals surface area (Å²) in [6, 6.07) is 0. The molecule has 2 rings (SSSR count). The summed E-state index contributed by atoms with van der Waals surface area (Å²) >= 11 is 0. The molecule has 1 aliphatic heterocycles. The number of allylic oxidation sites excluding steroid dienone is 3. The SMILES string of the molecule is CN(C)CCC(=O)N1CCN(C2=CCCC=C2)CC1. The number of amides is 1. The zero-order valence-electron chi connectivity index (χ0n) is 12.1. The second-order valence-electron chi connectivity index (χ2n) is 5.53. The molecule has 0 radical (unpaired) electrons. The number of hydrogen-bond donors (Lipinski definition) is 0. The van der Waals surface area contributed by atoms with E-state index in [1.54, 1.807) is 0 Å². The Kier molecular flexibility index (Phi) is 5.02. The van der Waals surface area contributed by atoms with Gasteiger partial charge < -0.3 is 14.7 Å². The van der Waals surface area contributed by atoms with Crippen LogP contribution in [0.2, 0.25) is 0 Å². The Morgan fingerprint density at radius 2 is 1.95 bits per heavy atom. The first-order chi connectivity index (χ1) is 9.16. The predicted molar refractivity (Wildman–Crippen MR) is 77.8 cm³/mol. The van der Waals surface area contributed by atoms with Crippen molar-refractivity contribution in [1.29, 1.82) is 0 Å². The molecule has 0 aromatic carbocycles. The van der Waals surface area contributed by atoms with Gasteiger partial charge in [0.25, 0.3) is 0 Å². The lowest BCUT2D eigenvalue weighted by atomic mass is 10.1. The summed E-state index contributed by atoms with van der Waals surface area (Å²) in [5.74, 6) is 0.293. The number of nitrogens with zero attached hydrogens (tertiary/aromatic N) is 3. The molecule has 0 aromatic heterocycles. The molecule has 1 aliphatic carbocycles. The zero-order valence-corrected chi connectivity index (χ0v) is 12.1. The van der Waals surface area contributed by atoms with Crippen LogP contribution >= 0.6 is 0 Å². The van der Waals surface area contributed by atoms with Crippen LogP contribution in [0.25, 0.3) is 0 Å². The predicted octanol–water partition coefficient (Wildman–Crippen LogP) is 1.32. The molecule has 19 heavy (non-hydrogen) atoms. The highest BCUT2D eigenvalue weighted by molar-refractivity contribution is 5.76. The van der Waals surface area contributed by atoms with E-state index in [-0.39, 0.29) is 0 Å². The van der Waals surface area contributed by atoms with E-state index in [1.165, 1.54) is 5.70 Å². The van der Waals surface area contributed by atoms with Crippen molar-refractivity contribution in [3.63, 3.8) is 0 Å². The van der Waals surface area contributed by atoms with Gasteiger partial charge in [-0.2, -0.15) is 0 Å². The number of rotatable bonds is 4. The van der Waals surface area contributed by atoms with E-state index in [1.807, 2.05) is 19.0 Å². The van der Waals surface area contributed by atoms with Crippen LogP contribution in [0.3, 0.4) is 0 Å². The third-order valence-electron chi connectivity index (χ3n) is 3.75. The van der Waals surface area contributed by atoms with Gasteiger partial charge in [-0.25, -0.2) is 0 Å². The molecule has 1 saturated heterocycles. The third kappa shape index (κ3) is 4.10. The minimum absolute atomic E-state index is 0.293. The number of piperazine rings is 1. The number of hydrogen-bond acceptors (Lipinski definition) is 3. The Bertz CT molecular complexity index is 366. The van der Waals surface area contributed by atoms with Crippen molar-refractivity contribution in [2.45, 2.75) is 19.3 Å². The molecule has 1 amide bonds. The van der Waals surface area contributed by atoms with E-state index in [0.29, 0.717) is 12.3 Å². The standard InChI is InChI=1S/C15H25N3O/c1-16(2)9-8-15(19)18-12-10-17(11-13-18)14-6-4-3-5-7-14/h4,6-7H,3,5,8-13H2,1-2H3. The fourth-order valence-corrected chi connectivity index (χ4v) is 2.53. The topological polar surface area (TPSA) is 26.8 Å². The molecule has 1 fully saturated rings. The maximum Gasteiger partial charge on any atom is 0.223 e. The molecule has 4 heteroatoms. The van der Waals surface area contributed by atoms with Crippen LogP contribution in [0.1, 0.15) is 19.3 Å². The Morgan fingerprint density at radius 3 is 2.53 bits per heavy atom. The Hall–Kier alpha value is -1.29. The van der Waals surface area contributed by atoms with Gasteiger partial charge in [-0.15, -0.1) is 0 Å². The van der Waals surface area contributed by atoms with Crippen LogP contribution in [0.4, 0.5) is 0 Å². The van der Waals surface area contributed by atoms with E-state index in [2.05, 4.69) is 28.0 Å². The minimum atomic E-state index is 0.293. The average molecular weight is 263 g/mol. The van der Waals surface area contributed by atoms with Crippen LogP contribution in [-0.4, -0.2) is 67.4 Å². The van der Waals surface area contributed by atoms with E-state index in [9.17, 15) is 4.79 Å². The van der Waals surface area contributed by atoms with Gasteiger partial charge in [0.05, 0.1) is 0 Å². The summed E-state index contributed by atoms with van der Waals surface area (Å²) in [4.78, 5) is 18.5. The molecule has 0 bridgehead atoms. The van der Waals surface area contributed by atoms with Crippen molar-refractivity contribution in [2.24, 2.45) is 0 Å². The molecule has 1 heterocycles. The summed E-state index contributed by atoms with van der Waals surface area (Å²) in [6.45, 7) is 4.48. The molecule has 0 aromatic rings. The molecule has 0 N–H and O–H groups in total. The highest BCUT2D eigenvalue weighted by atomic mass is 16.2. The van der Waals surface area contributed by atoms with Gasteiger partial charge >= 0.3 is 0 Å². The van der Waals surface area contributed by atoms with Crippen molar-refractivity contribution >= 4 is 5.91 Å². The van der Waals surface area contributed by atoms with Gasteiger partial charge in [-0.1, -0.05) is 12.2 Å². The van der Waals surface area contributed by atoms with Crippen LogP contribution in [0.5, 0.6) is 0 Å². The quantitative estimate of drug-likeness (QED) is 0.765. The fraction of sp³-hybridized carbons (Fsp3) is 0.667. The molecule has 0 unspecified atom stereocenters. The molecular formula is C15H25N3O. The highest BCUT2D eigenvalue weighted by Crippen LogP contribution is 2.16. The van der Waals surface area contributed by atoms with Crippen molar-refractivity contribution in [3.05, 3.63) is 23.9 Å². The average Bonchev–Trinajstić information content (AvgIpc) is 2.46. The van der Waals surface area contributed by atoms with Crippen molar-refractivity contribution in [1.82, 2.24) is 14.7 Å². The van der Waals surface area contributed by atoms with Crippen LogP contribution in [0.15, 0.2) is 23.9 Å². The van der Waals surface area contributed by atoms with Crippen LogP contribution < -0.4 is 0 Å². The van der Waals surface area contributed by atoms with Gasteiger partial charge in [0, 0.05) is 44.8 Å². The smallest absolute Gasteiger partial charge is 0.223 e. The van der Waals surface area contributed by atoms with Crippen LogP contribution in [0, 0.1) is 0 Å². The third-order valence-corrected chi connectivity index (χ3v) is 3.75. The lowest BCUT2D eigenvalue weighted by Gasteiger charge is -2.37. The molecule has 0 atom stereocenters. The highest BCUT2D eigenvalue weighted by Gasteiger charge is 2.21. The second kappa shape index (κ2) is 6.75. The molecular weight excluding hydrogens is 238 g/mol. The van der Waals surface area contributed by atoms with E-state index < -0.39 is 0 Å². The van der Waals surface area contributed by atoms with Gasteiger partial charge in [0.1, 0.15) is 0 Å². The minimum Gasteiger partial charge on any atom is -0.368 e. The van der Waals surface area contributed by atoms with Gasteiger partial charge in [0.2, 0.25) is 5.91 Å². The molecule has 4 nitrogen and oxygen atoms in total. The molecule has 2 aliphatic rings. The van der Waals surface area contributed by atoms with E-state index >= 15 is 0 Å². The van der Waals surface area contributed by atoms with Gasteiger partial charge in [-0.3, -0.25) is 4.79 Å². The van der Waals surface area contributed by atoms with Crippen LogP contribution in [-0.2, 0) is 4.79 Å². The maximum absolute atomic E-state index is 12.0. The van der Waals surface area contributed by atoms with E-state index in [4.69, 9.17) is 0 Å². The lowest BCUT2D eigenvalue weighted by molar-refractivity contribution is -0.132. The summed E-state index contributed by atoms with van der Waals surface area (Å²) < 4.78 is 0. The summed E-state index contributed by atoms with van der Waals surface area (Å²) in [5.41, 5.74) is 1.34. The lowest BCUT2D eigenvalue weighted by Crippen LogP contribution is -2.48. The fourth-order valence-electron chi connectivity index (χ4n) is 2.53. The van der Waals surface area contributed by atoms with Gasteiger partial charge in [0.15, 0.2) is 0 Å². The summed E-state index contributed by atoms with van der Waals surface area (Å²) in [5, 5.41) is 0. The molecule has 106 valence electrons. The first kappa shape index (κ1) is 14.1. The van der Waals surface area contributed by atoms with E-state index in [0.717, 1.165) is 45.6 Å². The first-order valence-electron chi connectivity index (χ1n) is 7.21. The monoisotopic (exact) mass is 263 g/mol. The normalized spacial score (nSPS) is 19.8. The number of carbonyl (C=O) groups excluding carboxylic acids is 1. The van der Waals surface area contributed by atoms with Crippen molar-refractivity contribution in [2.75, 3.05) is 46.8 Å². The summed E-state index contributed by atoms with van der Waals surface area (Å²) in [6.07, 6.45) is 9.70. The molecule has 0 saturated carbocycles.